The molecule has 24 heavy (non-hydrogen) atoms. The monoisotopic (exact) mass is 331 g/mol. The third kappa shape index (κ3) is 4.52. The third-order valence-corrected chi connectivity index (χ3v) is 3.76. The summed E-state index contributed by atoms with van der Waals surface area (Å²) in [6.45, 7) is 3.61. The molecule has 2 N–H and O–H groups in total. The second-order valence-electron chi connectivity index (χ2n) is 5.56. The van der Waals surface area contributed by atoms with Gasteiger partial charge in [0.05, 0.1) is 17.8 Å². The number of aromatic nitrogens is 1. The number of nitrogens with one attached hydrogen (secondary N) is 2. The van der Waals surface area contributed by atoms with Gasteiger partial charge in [0, 0.05) is 18.9 Å². The van der Waals surface area contributed by atoms with E-state index in [4.69, 9.17) is 4.74 Å². The van der Waals surface area contributed by atoms with Gasteiger partial charge >= 0.3 is 6.03 Å². The highest BCUT2D eigenvalue weighted by molar-refractivity contribution is 5.74. The van der Waals surface area contributed by atoms with Crippen LogP contribution in [0.2, 0.25) is 0 Å². The second-order valence-corrected chi connectivity index (χ2v) is 5.56. The molecule has 0 saturated carbocycles. The standard InChI is InChI=1S/C18H22FN3O2/c1-12(16-10-6-7-11-20-16)21-18(23)22-13(2)17(24-3)14-8-4-5-9-15(14)19/h4-13,17H,1-3H3,(H2,21,22,23)/t12-,13-,17-/m0/s1. The Balaban J connectivity index is 1.98. The molecule has 2 rings (SSSR count). The summed E-state index contributed by atoms with van der Waals surface area (Å²) in [5.41, 5.74) is 1.17. The number of halogens is 1. The first-order valence-corrected chi connectivity index (χ1v) is 7.78. The molecule has 6 heteroatoms. The molecule has 0 fully saturated rings. The van der Waals surface area contributed by atoms with Crippen LogP contribution >= 0.6 is 0 Å². The molecule has 1 aromatic carbocycles. The van der Waals surface area contributed by atoms with E-state index in [1.165, 1.54) is 13.2 Å². The summed E-state index contributed by atoms with van der Waals surface area (Å²) in [7, 11) is 1.49. The Labute approximate surface area is 141 Å². The zero-order chi connectivity index (χ0) is 17.5. The molecule has 2 aromatic rings. The van der Waals surface area contributed by atoms with Gasteiger partial charge in [0.15, 0.2) is 0 Å². The number of carbonyl (C=O) groups excluding carboxylic acids is 1. The van der Waals surface area contributed by atoms with Crippen molar-refractivity contribution in [2.24, 2.45) is 0 Å². The second kappa shape index (κ2) is 8.40. The van der Waals surface area contributed by atoms with Gasteiger partial charge < -0.3 is 15.4 Å². The van der Waals surface area contributed by atoms with Crippen LogP contribution in [0, 0.1) is 5.82 Å². The van der Waals surface area contributed by atoms with Crippen molar-refractivity contribution >= 4 is 6.03 Å². The lowest BCUT2D eigenvalue weighted by Gasteiger charge is -2.25. The molecule has 2 amide bonds. The molecule has 0 spiro atoms. The van der Waals surface area contributed by atoms with Gasteiger partial charge in [0.1, 0.15) is 11.9 Å². The van der Waals surface area contributed by atoms with Crippen LogP contribution in [0.15, 0.2) is 48.7 Å². The van der Waals surface area contributed by atoms with Gasteiger partial charge in [-0.25, -0.2) is 9.18 Å². The summed E-state index contributed by atoms with van der Waals surface area (Å²) in [6.07, 6.45) is 1.09. The number of pyridine rings is 1. The Morgan fingerprint density at radius 3 is 2.46 bits per heavy atom. The predicted octanol–water partition coefficient (Wildman–Crippen LogP) is 3.36. The Kier molecular flexibility index (Phi) is 6.26. The quantitative estimate of drug-likeness (QED) is 0.853. The Morgan fingerprint density at radius 2 is 1.83 bits per heavy atom. The fourth-order valence-corrected chi connectivity index (χ4v) is 2.53. The van der Waals surface area contributed by atoms with Crippen LogP contribution in [-0.2, 0) is 4.74 Å². The number of nitrogens with zero attached hydrogens (tertiary/aromatic N) is 1. The van der Waals surface area contributed by atoms with Crippen molar-refractivity contribution in [3.05, 3.63) is 65.7 Å². The zero-order valence-corrected chi connectivity index (χ0v) is 14.0. The Hall–Kier alpha value is -2.47. The van der Waals surface area contributed by atoms with E-state index in [0.29, 0.717) is 5.56 Å². The maximum atomic E-state index is 13.9. The smallest absolute Gasteiger partial charge is 0.315 e. The molecule has 0 saturated heterocycles. The highest BCUT2D eigenvalue weighted by Crippen LogP contribution is 2.23. The summed E-state index contributed by atoms with van der Waals surface area (Å²) < 4.78 is 19.3. The molecule has 0 aliphatic carbocycles. The SMILES string of the molecule is CO[C@H](c1ccccc1F)[C@H](C)NC(=O)N[C@@H](C)c1ccccn1. The van der Waals surface area contributed by atoms with Gasteiger partial charge in [-0.15, -0.1) is 0 Å². The summed E-state index contributed by atoms with van der Waals surface area (Å²) in [5.74, 6) is -0.361. The largest absolute Gasteiger partial charge is 0.375 e. The maximum Gasteiger partial charge on any atom is 0.315 e. The first kappa shape index (κ1) is 17.9. The summed E-state index contributed by atoms with van der Waals surface area (Å²) in [5, 5.41) is 5.60. The van der Waals surface area contributed by atoms with Crippen molar-refractivity contribution in [1.82, 2.24) is 15.6 Å². The normalized spacial score (nSPS) is 14.5. The number of carbonyl (C=O) groups is 1. The van der Waals surface area contributed by atoms with Crippen LogP contribution in [0.25, 0.3) is 0 Å². The fourth-order valence-electron chi connectivity index (χ4n) is 2.53. The van der Waals surface area contributed by atoms with Crippen LogP contribution in [-0.4, -0.2) is 24.2 Å². The molecule has 0 bridgehead atoms. The van der Waals surface area contributed by atoms with E-state index in [1.807, 2.05) is 25.1 Å². The van der Waals surface area contributed by atoms with Crippen LogP contribution < -0.4 is 10.6 Å². The molecule has 1 heterocycles. The summed E-state index contributed by atoms with van der Waals surface area (Å²) in [4.78, 5) is 16.4. The lowest BCUT2D eigenvalue weighted by atomic mass is 10.0. The molecule has 5 nitrogen and oxygen atoms in total. The van der Waals surface area contributed by atoms with Crippen molar-refractivity contribution in [2.45, 2.75) is 32.0 Å². The number of hydrogen-bond acceptors (Lipinski definition) is 3. The molecule has 0 aliphatic heterocycles. The molecule has 128 valence electrons. The average Bonchev–Trinajstić information content (AvgIpc) is 2.57. The highest BCUT2D eigenvalue weighted by Gasteiger charge is 2.23. The van der Waals surface area contributed by atoms with Crippen molar-refractivity contribution in [2.75, 3.05) is 7.11 Å². The minimum atomic E-state index is -0.581. The number of methoxy groups -OCH3 is 1. The van der Waals surface area contributed by atoms with Gasteiger partial charge in [-0.3, -0.25) is 4.98 Å². The van der Waals surface area contributed by atoms with Crippen molar-refractivity contribution in [3.8, 4) is 0 Å². The molecule has 0 aliphatic rings. The van der Waals surface area contributed by atoms with E-state index >= 15 is 0 Å². The number of hydrogen-bond donors (Lipinski definition) is 2. The molecular weight excluding hydrogens is 309 g/mol. The van der Waals surface area contributed by atoms with Crippen LogP contribution in [0.1, 0.15) is 37.3 Å². The molecule has 3 atom stereocenters. The first-order valence-electron chi connectivity index (χ1n) is 7.78. The molecular formula is C18H22FN3O2. The van der Waals surface area contributed by atoms with E-state index in [1.54, 1.807) is 31.3 Å². The van der Waals surface area contributed by atoms with Crippen LogP contribution in [0.4, 0.5) is 9.18 Å². The van der Waals surface area contributed by atoms with Gasteiger partial charge in [-0.1, -0.05) is 24.3 Å². The first-order chi connectivity index (χ1) is 11.5. The number of rotatable bonds is 6. The van der Waals surface area contributed by atoms with Gasteiger partial charge in [0.25, 0.3) is 0 Å². The minimum Gasteiger partial charge on any atom is -0.375 e. The highest BCUT2D eigenvalue weighted by atomic mass is 19.1. The number of amides is 2. The molecule has 1 aromatic heterocycles. The number of urea groups is 1. The Morgan fingerprint density at radius 1 is 1.12 bits per heavy atom. The number of benzene rings is 1. The van der Waals surface area contributed by atoms with Gasteiger partial charge in [-0.05, 0) is 32.0 Å². The van der Waals surface area contributed by atoms with Crippen LogP contribution in [0.5, 0.6) is 0 Å². The fraction of sp³-hybridized carbons (Fsp3) is 0.333. The van der Waals surface area contributed by atoms with Crippen LogP contribution in [0.3, 0.4) is 0 Å². The van der Waals surface area contributed by atoms with Crippen molar-refractivity contribution in [3.63, 3.8) is 0 Å². The molecule has 0 radical (unpaired) electrons. The zero-order valence-electron chi connectivity index (χ0n) is 14.0. The van der Waals surface area contributed by atoms with E-state index in [9.17, 15) is 9.18 Å². The predicted molar refractivity (Wildman–Crippen MR) is 89.9 cm³/mol. The van der Waals surface area contributed by atoms with E-state index in [0.717, 1.165) is 5.69 Å². The van der Waals surface area contributed by atoms with E-state index in [-0.39, 0.29) is 17.9 Å². The maximum absolute atomic E-state index is 13.9. The summed E-state index contributed by atoms with van der Waals surface area (Å²) >= 11 is 0. The topological polar surface area (TPSA) is 63.2 Å². The van der Waals surface area contributed by atoms with E-state index in [2.05, 4.69) is 15.6 Å². The van der Waals surface area contributed by atoms with Gasteiger partial charge in [0.2, 0.25) is 0 Å². The summed E-state index contributed by atoms with van der Waals surface area (Å²) in [6, 6.07) is 10.9. The van der Waals surface area contributed by atoms with Crippen molar-refractivity contribution < 1.29 is 13.9 Å². The Bertz CT molecular complexity index is 666. The molecule has 0 unspecified atom stereocenters. The lowest BCUT2D eigenvalue weighted by molar-refractivity contribution is 0.0731. The van der Waals surface area contributed by atoms with Gasteiger partial charge in [-0.2, -0.15) is 0 Å². The average molecular weight is 331 g/mol. The lowest BCUT2D eigenvalue weighted by Crippen LogP contribution is -2.44. The third-order valence-electron chi connectivity index (χ3n) is 3.76. The van der Waals surface area contributed by atoms with E-state index < -0.39 is 12.1 Å². The van der Waals surface area contributed by atoms with Crippen molar-refractivity contribution in [1.29, 1.82) is 0 Å². The number of ether oxygens (including phenoxy) is 1. The minimum absolute atomic E-state index is 0.243.